The Morgan fingerprint density at radius 2 is 2.18 bits per heavy atom. The van der Waals surface area contributed by atoms with Crippen LogP contribution in [0.15, 0.2) is 28.8 Å². The number of likely N-dealkylation sites (tertiary alicyclic amines) is 1. The maximum Gasteiger partial charge on any atom is 0.226 e. The number of aryl methyl sites for hydroxylation is 1. The molecule has 0 aliphatic carbocycles. The van der Waals surface area contributed by atoms with E-state index in [-0.39, 0.29) is 11.9 Å². The molecule has 6 nitrogen and oxygen atoms in total. The van der Waals surface area contributed by atoms with Crippen molar-refractivity contribution in [2.75, 3.05) is 19.6 Å². The molecule has 1 fully saturated rings. The first-order chi connectivity index (χ1) is 13.5. The highest BCUT2D eigenvalue weighted by molar-refractivity contribution is 6.30. The van der Waals surface area contributed by atoms with E-state index in [0.717, 1.165) is 31.1 Å². The van der Waals surface area contributed by atoms with E-state index in [1.807, 2.05) is 12.1 Å². The molecule has 1 aliphatic heterocycles. The van der Waals surface area contributed by atoms with Gasteiger partial charge in [0.1, 0.15) is 0 Å². The van der Waals surface area contributed by atoms with Gasteiger partial charge in [-0.15, -0.1) is 0 Å². The Morgan fingerprint density at radius 1 is 1.39 bits per heavy atom. The fourth-order valence-corrected chi connectivity index (χ4v) is 3.83. The van der Waals surface area contributed by atoms with Crippen molar-refractivity contribution >= 4 is 17.5 Å². The molecule has 1 aromatic heterocycles. The lowest BCUT2D eigenvalue weighted by Gasteiger charge is -2.32. The molecule has 152 valence electrons. The number of piperidine rings is 1. The van der Waals surface area contributed by atoms with Gasteiger partial charge >= 0.3 is 0 Å². The van der Waals surface area contributed by atoms with Crippen LogP contribution in [0.25, 0.3) is 11.4 Å². The minimum atomic E-state index is 0.0787. The van der Waals surface area contributed by atoms with Crippen molar-refractivity contribution in [3.05, 3.63) is 35.2 Å². The Balaban J connectivity index is 1.37. The van der Waals surface area contributed by atoms with Gasteiger partial charge < -0.3 is 14.7 Å². The molecule has 2 aromatic rings. The number of halogens is 1. The van der Waals surface area contributed by atoms with Gasteiger partial charge in [-0.2, -0.15) is 4.98 Å². The number of aromatic nitrogens is 2. The Bertz CT molecular complexity index is 762. The summed E-state index contributed by atoms with van der Waals surface area (Å²) in [6.45, 7) is 7.56. The molecule has 0 bridgehead atoms. The molecule has 7 heteroatoms. The zero-order valence-corrected chi connectivity index (χ0v) is 17.4. The summed E-state index contributed by atoms with van der Waals surface area (Å²) in [7, 11) is 0. The number of rotatable bonds is 8. The quantitative estimate of drug-likeness (QED) is 0.721. The van der Waals surface area contributed by atoms with Crippen molar-refractivity contribution in [3.63, 3.8) is 0 Å². The van der Waals surface area contributed by atoms with Crippen LogP contribution < -0.4 is 5.32 Å². The molecule has 1 aliphatic rings. The fraction of sp³-hybridized carbons (Fsp3) is 0.571. The minimum Gasteiger partial charge on any atom is -0.352 e. The smallest absolute Gasteiger partial charge is 0.226 e. The molecule has 1 saturated heterocycles. The highest BCUT2D eigenvalue weighted by Crippen LogP contribution is 2.19. The molecule has 1 N–H and O–H groups in total. The molecule has 0 spiro atoms. The number of hydrogen-bond acceptors (Lipinski definition) is 5. The number of nitrogens with one attached hydrogen (secondary N) is 1. The first kappa shape index (κ1) is 20.8. The molecular formula is C21H29ClN4O2. The monoisotopic (exact) mass is 404 g/mol. The number of nitrogens with zero attached hydrogens (tertiary/aromatic N) is 3. The van der Waals surface area contributed by atoms with Gasteiger partial charge in [-0.25, -0.2) is 0 Å². The van der Waals surface area contributed by atoms with Gasteiger partial charge in [-0.1, -0.05) is 23.7 Å². The van der Waals surface area contributed by atoms with Gasteiger partial charge in [-0.3, -0.25) is 4.79 Å². The third-order valence-corrected chi connectivity index (χ3v) is 5.30. The average molecular weight is 405 g/mol. The van der Waals surface area contributed by atoms with Gasteiger partial charge in [0.2, 0.25) is 17.6 Å². The molecule has 28 heavy (non-hydrogen) atoms. The number of amides is 1. The summed E-state index contributed by atoms with van der Waals surface area (Å²) in [6, 6.07) is 7.47. The standard InChI is InChI=1S/C21H29ClN4O2/c1-15-5-4-12-26(13-15)14-16(2)23-19(27)6-3-7-20-24-21(25-28-20)17-8-10-18(22)11-9-17/h8-11,15-16H,3-7,12-14H2,1-2H3,(H,23,27). The van der Waals surface area contributed by atoms with Crippen LogP contribution in [0, 0.1) is 5.92 Å². The average Bonchev–Trinajstić information content (AvgIpc) is 3.11. The van der Waals surface area contributed by atoms with Crippen molar-refractivity contribution in [3.8, 4) is 11.4 Å². The second-order valence-corrected chi connectivity index (χ2v) is 8.28. The van der Waals surface area contributed by atoms with Crippen LogP contribution in [0.3, 0.4) is 0 Å². The Kier molecular flexibility index (Phi) is 7.45. The predicted molar refractivity (Wildman–Crippen MR) is 110 cm³/mol. The lowest BCUT2D eigenvalue weighted by atomic mass is 10.00. The number of carbonyl (C=O) groups is 1. The number of carbonyl (C=O) groups excluding carboxylic acids is 1. The Labute approximate surface area is 171 Å². The minimum absolute atomic E-state index is 0.0787. The van der Waals surface area contributed by atoms with Crippen molar-refractivity contribution in [2.24, 2.45) is 5.92 Å². The molecule has 0 radical (unpaired) electrons. The van der Waals surface area contributed by atoms with E-state index >= 15 is 0 Å². The zero-order chi connectivity index (χ0) is 19.9. The van der Waals surface area contributed by atoms with Crippen LogP contribution in [0.1, 0.15) is 45.4 Å². The third-order valence-electron chi connectivity index (χ3n) is 5.05. The SMILES string of the molecule is CC1CCCN(CC(C)NC(=O)CCCc2nc(-c3ccc(Cl)cc3)no2)C1. The topological polar surface area (TPSA) is 71.3 Å². The Hall–Kier alpha value is -1.92. The van der Waals surface area contributed by atoms with E-state index in [1.54, 1.807) is 12.1 Å². The first-order valence-electron chi connectivity index (χ1n) is 10.1. The van der Waals surface area contributed by atoms with E-state index < -0.39 is 0 Å². The summed E-state index contributed by atoms with van der Waals surface area (Å²) in [5, 5.41) is 7.77. The zero-order valence-electron chi connectivity index (χ0n) is 16.7. The van der Waals surface area contributed by atoms with Gasteiger partial charge in [0.15, 0.2) is 0 Å². The fourth-order valence-electron chi connectivity index (χ4n) is 3.71. The largest absolute Gasteiger partial charge is 0.352 e. The molecule has 1 amide bonds. The van der Waals surface area contributed by atoms with Crippen LogP contribution in [0.4, 0.5) is 0 Å². The molecule has 3 rings (SSSR count). The highest BCUT2D eigenvalue weighted by Gasteiger charge is 2.19. The van der Waals surface area contributed by atoms with Gasteiger partial charge in [0.25, 0.3) is 0 Å². The van der Waals surface area contributed by atoms with Gasteiger partial charge in [-0.05, 0) is 62.9 Å². The van der Waals surface area contributed by atoms with Crippen molar-refractivity contribution < 1.29 is 9.32 Å². The Morgan fingerprint density at radius 3 is 2.93 bits per heavy atom. The van der Waals surface area contributed by atoms with Crippen molar-refractivity contribution in [1.82, 2.24) is 20.4 Å². The molecule has 1 aromatic carbocycles. The number of benzene rings is 1. The number of hydrogen-bond donors (Lipinski definition) is 1. The predicted octanol–water partition coefficient (Wildman–Crippen LogP) is 3.95. The van der Waals surface area contributed by atoms with E-state index in [0.29, 0.717) is 36.0 Å². The summed E-state index contributed by atoms with van der Waals surface area (Å²) in [4.78, 5) is 19.0. The van der Waals surface area contributed by atoms with E-state index in [4.69, 9.17) is 16.1 Å². The second kappa shape index (κ2) is 10.0. The molecular weight excluding hydrogens is 376 g/mol. The van der Waals surface area contributed by atoms with Crippen molar-refractivity contribution in [2.45, 2.75) is 52.0 Å². The summed E-state index contributed by atoms with van der Waals surface area (Å²) in [5.74, 6) is 1.92. The van der Waals surface area contributed by atoms with E-state index in [1.165, 1.54) is 12.8 Å². The lowest BCUT2D eigenvalue weighted by Crippen LogP contribution is -2.45. The molecule has 0 saturated carbocycles. The van der Waals surface area contributed by atoms with Gasteiger partial charge in [0.05, 0.1) is 0 Å². The van der Waals surface area contributed by atoms with E-state index in [2.05, 4.69) is 34.2 Å². The van der Waals surface area contributed by atoms with E-state index in [9.17, 15) is 4.79 Å². The second-order valence-electron chi connectivity index (χ2n) is 7.85. The summed E-state index contributed by atoms with van der Waals surface area (Å²) in [6.07, 6.45) is 4.30. The van der Waals surface area contributed by atoms with Crippen LogP contribution >= 0.6 is 11.6 Å². The third kappa shape index (κ3) is 6.31. The highest BCUT2D eigenvalue weighted by atomic mass is 35.5. The summed E-state index contributed by atoms with van der Waals surface area (Å²) in [5.41, 5.74) is 0.859. The lowest BCUT2D eigenvalue weighted by molar-refractivity contribution is -0.121. The van der Waals surface area contributed by atoms with Crippen LogP contribution in [0.5, 0.6) is 0 Å². The molecule has 2 unspecified atom stereocenters. The normalized spacial score (nSPS) is 18.8. The molecule has 2 heterocycles. The summed E-state index contributed by atoms with van der Waals surface area (Å²) >= 11 is 5.89. The summed E-state index contributed by atoms with van der Waals surface area (Å²) < 4.78 is 5.29. The first-order valence-corrected chi connectivity index (χ1v) is 10.5. The maximum atomic E-state index is 12.2. The van der Waals surface area contributed by atoms with Gasteiger partial charge in [0, 0.05) is 42.6 Å². The van der Waals surface area contributed by atoms with Crippen LogP contribution in [-0.4, -0.2) is 46.6 Å². The maximum absolute atomic E-state index is 12.2. The van der Waals surface area contributed by atoms with Crippen LogP contribution in [-0.2, 0) is 11.2 Å². The van der Waals surface area contributed by atoms with Crippen molar-refractivity contribution in [1.29, 1.82) is 0 Å². The van der Waals surface area contributed by atoms with Crippen LogP contribution in [0.2, 0.25) is 5.02 Å². The molecule has 2 atom stereocenters.